The van der Waals surface area contributed by atoms with Crippen LogP contribution in [0.5, 0.6) is 5.75 Å². The zero-order chi connectivity index (χ0) is 20.7. The summed E-state index contributed by atoms with van der Waals surface area (Å²) in [4.78, 5) is 4.64. The molecule has 0 bridgehead atoms. The second-order valence-electron chi connectivity index (χ2n) is 8.36. The number of hydrogen-bond donors (Lipinski definition) is 1. The summed E-state index contributed by atoms with van der Waals surface area (Å²) in [5.74, 6) is 2.74. The maximum atomic E-state index is 6.89. The normalized spacial score (nSPS) is 20.5. The number of rotatable bonds is 5. The van der Waals surface area contributed by atoms with Crippen LogP contribution in [0, 0.1) is 5.92 Å². The van der Waals surface area contributed by atoms with Gasteiger partial charge >= 0.3 is 0 Å². The maximum Gasteiger partial charge on any atom is 0.230 e. The number of hydrogen-bond acceptors (Lipinski definition) is 5. The van der Waals surface area contributed by atoms with Gasteiger partial charge in [-0.1, -0.05) is 47.6 Å². The molecule has 1 aliphatic rings. The van der Waals surface area contributed by atoms with Gasteiger partial charge in [-0.15, -0.1) is 0 Å². The number of aromatic nitrogens is 2. The lowest BCUT2D eigenvalue weighted by molar-refractivity contribution is 0.131. The number of nitrogens with two attached hydrogens (primary N) is 1. The first-order chi connectivity index (χ1) is 14.6. The Morgan fingerprint density at radius 1 is 1.00 bits per heavy atom. The zero-order valence-corrected chi connectivity index (χ0v) is 17.2. The fourth-order valence-corrected chi connectivity index (χ4v) is 4.48. The van der Waals surface area contributed by atoms with Gasteiger partial charge < -0.3 is 15.0 Å². The molecule has 1 unspecified atom stereocenters. The monoisotopic (exact) mass is 399 g/mol. The van der Waals surface area contributed by atoms with Crippen LogP contribution in [0.3, 0.4) is 0 Å². The lowest BCUT2D eigenvalue weighted by Crippen LogP contribution is -2.47. The van der Waals surface area contributed by atoms with Crippen molar-refractivity contribution >= 4 is 10.8 Å². The molecule has 0 amide bonds. The number of benzene rings is 3. The molecule has 1 heterocycles. The molecule has 1 aliphatic carbocycles. The van der Waals surface area contributed by atoms with E-state index >= 15 is 0 Å². The molecule has 30 heavy (non-hydrogen) atoms. The Balaban J connectivity index is 1.33. The predicted molar refractivity (Wildman–Crippen MR) is 117 cm³/mol. The van der Waals surface area contributed by atoms with Crippen LogP contribution in [0.25, 0.3) is 22.2 Å². The molecular weight excluding hydrogens is 374 g/mol. The van der Waals surface area contributed by atoms with Crippen molar-refractivity contribution in [2.24, 2.45) is 11.7 Å². The summed E-state index contributed by atoms with van der Waals surface area (Å²) in [5, 5.41) is 6.63. The summed E-state index contributed by atoms with van der Waals surface area (Å²) in [7, 11) is 1.65. The van der Waals surface area contributed by atoms with Gasteiger partial charge in [0.25, 0.3) is 0 Å². The minimum atomic E-state index is -0.407. The minimum Gasteiger partial charge on any atom is -0.497 e. The van der Waals surface area contributed by atoms with E-state index in [1.165, 1.54) is 16.3 Å². The standard InChI is InChI=1S/C25H25N3O2/c1-25(26,22-9-5-7-16-6-3-4-8-21(16)22)19-14-18(15-19)24-27-23(28-30-24)17-10-12-20(29-2)13-11-17/h3-13,18-19H,14-15,26H2,1-2H3. The lowest BCUT2D eigenvalue weighted by Gasteiger charge is -2.44. The Morgan fingerprint density at radius 2 is 1.73 bits per heavy atom. The zero-order valence-electron chi connectivity index (χ0n) is 17.2. The molecule has 1 atom stereocenters. The molecule has 5 nitrogen and oxygen atoms in total. The summed E-state index contributed by atoms with van der Waals surface area (Å²) in [6.07, 6.45) is 1.89. The molecule has 3 aromatic carbocycles. The van der Waals surface area contributed by atoms with E-state index in [0.29, 0.717) is 17.6 Å². The van der Waals surface area contributed by atoms with Crippen molar-refractivity contribution in [1.82, 2.24) is 10.1 Å². The van der Waals surface area contributed by atoms with Crippen molar-refractivity contribution in [3.63, 3.8) is 0 Å². The highest BCUT2D eigenvalue weighted by Gasteiger charge is 2.44. The van der Waals surface area contributed by atoms with Gasteiger partial charge in [-0.2, -0.15) is 4.98 Å². The molecule has 0 radical (unpaired) electrons. The van der Waals surface area contributed by atoms with Gasteiger partial charge in [0.15, 0.2) is 0 Å². The molecule has 0 aliphatic heterocycles. The highest BCUT2D eigenvalue weighted by atomic mass is 16.5. The molecule has 1 saturated carbocycles. The molecular formula is C25H25N3O2. The smallest absolute Gasteiger partial charge is 0.230 e. The average molecular weight is 399 g/mol. The van der Waals surface area contributed by atoms with E-state index in [1.807, 2.05) is 24.3 Å². The molecule has 0 spiro atoms. The highest BCUT2D eigenvalue weighted by molar-refractivity contribution is 5.86. The number of methoxy groups -OCH3 is 1. The molecule has 5 rings (SSSR count). The van der Waals surface area contributed by atoms with Crippen molar-refractivity contribution in [1.29, 1.82) is 0 Å². The number of fused-ring (bicyclic) bond motifs is 1. The van der Waals surface area contributed by atoms with Crippen molar-refractivity contribution in [3.8, 4) is 17.1 Å². The SMILES string of the molecule is COc1ccc(-c2noc(C3CC(C(C)(N)c4cccc5ccccc45)C3)n2)cc1. The van der Waals surface area contributed by atoms with Crippen LogP contribution in [-0.2, 0) is 5.54 Å². The molecule has 1 fully saturated rings. The van der Waals surface area contributed by atoms with E-state index in [-0.39, 0.29) is 5.92 Å². The third-order valence-corrected chi connectivity index (χ3v) is 6.50. The second kappa shape index (κ2) is 7.26. The summed E-state index contributed by atoms with van der Waals surface area (Å²) in [6, 6.07) is 22.5. The van der Waals surface area contributed by atoms with E-state index in [1.54, 1.807) is 7.11 Å². The summed E-state index contributed by atoms with van der Waals surface area (Å²) < 4.78 is 10.8. The van der Waals surface area contributed by atoms with Crippen LogP contribution in [0.15, 0.2) is 71.3 Å². The van der Waals surface area contributed by atoms with Crippen LogP contribution < -0.4 is 10.5 Å². The molecule has 2 N–H and O–H groups in total. The van der Waals surface area contributed by atoms with Crippen molar-refractivity contribution < 1.29 is 9.26 Å². The topological polar surface area (TPSA) is 74.2 Å². The van der Waals surface area contributed by atoms with Gasteiger partial charge in [-0.3, -0.25) is 0 Å². The lowest BCUT2D eigenvalue weighted by atomic mass is 9.63. The second-order valence-corrected chi connectivity index (χ2v) is 8.36. The van der Waals surface area contributed by atoms with E-state index in [2.05, 4.69) is 59.5 Å². The third kappa shape index (κ3) is 3.15. The van der Waals surface area contributed by atoms with Crippen LogP contribution in [-0.4, -0.2) is 17.3 Å². The number of ether oxygens (including phenoxy) is 1. The first-order valence-corrected chi connectivity index (χ1v) is 10.3. The Labute approximate surface area is 175 Å². The number of nitrogens with zero attached hydrogens (tertiary/aromatic N) is 2. The van der Waals surface area contributed by atoms with Crippen molar-refractivity contribution in [2.45, 2.75) is 31.2 Å². The van der Waals surface area contributed by atoms with Crippen LogP contribution in [0.1, 0.15) is 37.1 Å². The van der Waals surface area contributed by atoms with E-state index < -0.39 is 5.54 Å². The predicted octanol–water partition coefficient (Wildman–Crippen LogP) is 5.27. The molecule has 4 aromatic rings. The largest absolute Gasteiger partial charge is 0.497 e. The van der Waals surface area contributed by atoms with E-state index in [0.717, 1.165) is 24.2 Å². The molecule has 5 heteroatoms. The Kier molecular flexibility index (Phi) is 4.55. The fourth-order valence-electron chi connectivity index (χ4n) is 4.48. The van der Waals surface area contributed by atoms with Crippen LogP contribution in [0.4, 0.5) is 0 Å². The average Bonchev–Trinajstić information content (AvgIpc) is 3.21. The fraction of sp³-hybridized carbons (Fsp3) is 0.280. The highest BCUT2D eigenvalue weighted by Crippen LogP contribution is 2.49. The molecule has 1 aromatic heterocycles. The summed E-state index contributed by atoms with van der Waals surface area (Å²) in [5.41, 5.74) is 8.61. The molecule has 152 valence electrons. The van der Waals surface area contributed by atoms with Crippen LogP contribution in [0.2, 0.25) is 0 Å². The van der Waals surface area contributed by atoms with Gasteiger partial charge in [-0.05, 0) is 66.3 Å². The Morgan fingerprint density at radius 3 is 2.50 bits per heavy atom. The third-order valence-electron chi connectivity index (χ3n) is 6.50. The van der Waals surface area contributed by atoms with Gasteiger partial charge in [0, 0.05) is 17.0 Å². The first kappa shape index (κ1) is 18.8. The van der Waals surface area contributed by atoms with Gasteiger partial charge in [0.2, 0.25) is 11.7 Å². The first-order valence-electron chi connectivity index (χ1n) is 10.3. The summed E-state index contributed by atoms with van der Waals surface area (Å²) >= 11 is 0. The minimum absolute atomic E-state index is 0.257. The molecule has 0 saturated heterocycles. The van der Waals surface area contributed by atoms with E-state index in [9.17, 15) is 0 Å². The van der Waals surface area contributed by atoms with Crippen molar-refractivity contribution in [3.05, 3.63) is 78.2 Å². The quantitative estimate of drug-likeness (QED) is 0.495. The maximum absolute atomic E-state index is 6.89. The van der Waals surface area contributed by atoms with Crippen LogP contribution >= 0.6 is 0 Å². The van der Waals surface area contributed by atoms with Gasteiger partial charge in [0.05, 0.1) is 7.11 Å². The van der Waals surface area contributed by atoms with Crippen molar-refractivity contribution in [2.75, 3.05) is 7.11 Å². The van der Waals surface area contributed by atoms with E-state index in [4.69, 9.17) is 15.0 Å². The summed E-state index contributed by atoms with van der Waals surface area (Å²) in [6.45, 7) is 2.15. The van der Waals surface area contributed by atoms with Gasteiger partial charge in [0.1, 0.15) is 5.75 Å². The Hall–Kier alpha value is -3.18. The van der Waals surface area contributed by atoms with Gasteiger partial charge in [-0.25, -0.2) is 0 Å². The Bertz CT molecular complexity index is 1170.